The van der Waals surface area contributed by atoms with E-state index in [0.29, 0.717) is 5.75 Å². The fourth-order valence-corrected chi connectivity index (χ4v) is 3.20. The van der Waals surface area contributed by atoms with Crippen LogP contribution >= 0.6 is 0 Å². The van der Waals surface area contributed by atoms with Crippen molar-refractivity contribution >= 4 is 11.6 Å². The molecule has 29 heavy (non-hydrogen) atoms. The molecule has 0 aliphatic carbocycles. The van der Waals surface area contributed by atoms with Crippen LogP contribution in [0.4, 0.5) is 0 Å². The van der Waals surface area contributed by atoms with Gasteiger partial charge in [-0.1, -0.05) is 80.1 Å². The molecule has 2 nitrogen and oxygen atoms in total. The van der Waals surface area contributed by atoms with Crippen molar-refractivity contribution in [3.05, 3.63) is 102 Å². The van der Waals surface area contributed by atoms with E-state index in [2.05, 4.69) is 49.4 Å². The molecule has 0 aromatic heterocycles. The molecule has 0 heterocycles. The van der Waals surface area contributed by atoms with Gasteiger partial charge in [-0.25, -0.2) is 0 Å². The third-order valence-corrected chi connectivity index (χ3v) is 4.66. The summed E-state index contributed by atoms with van der Waals surface area (Å²) in [6, 6.07) is 24.7. The zero-order chi connectivity index (χ0) is 20.5. The molecule has 0 aliphatic rings. The van der Waals surface area contributed by atoms with Crippen LogP contribution in [0.3, 0.4) is 0 Å². The van der Waals surface area contributed by atoms with Gasteiger partial charge in [0.2, 0.25) is 0 Å². The molecule has 0 fully saturated rings. The minimum absolute atomic E-state index is 0.707. The molecule has 0 N–H and O–H groups in total. The van der Waals surface area contributed by atoms with Crippen molar-refractivity contribution < 1.29 is 9.47 Å². The van der Waals surface area contributed by atoms with E-state index in [1.54, 1.807) is 7.11 Å². The highest BCUT2D eigenvalue weighted by atomic mass is 16.5. The van der Waals surface area contributed by atoms with E-state index in [0.717, 1.165) is 29.9 Å². The van der Waals surface area contributed by atoms with Crippen molar-refractivity contribution in [1.29, 1.82) is 0 Å². The number of allylic oxidation sites excluding steroid dienone is 2. The molecular formula is C27H28O2. The molecule has 2 heteroatoms. The Balaban J connectivity index is 1.84. The van der Waals surface area contributed by atoms with Crippen LogP contribution in [0.1, 0.15) is 43.4 Å². The molecule has 0 unspecified atom stereocenters. The van der Waals surface area contributed by atoms with Gasteiger partial charge in [-0.3, -0.25) is 0 Å². The summed E-state index contributed by atoms with van der Waals surface area (Å²) in [6.07, 6.45) is 8.53. The summed E-state index contributed by atoms with van der Waals surface area (Å²) in [4.78, 5) is 0. The van der Waals surface area contributed by atoms with E-state index in [9.17, 15) is 0 Å². The summed E-state index contributed by atoms with van der Waals surface area (Å²) < 4.78 is 11.6. The Kier molecular flexibility index (Phi) is 7.29. The van der Waals surface area contributed by atoms with Crippen LogP contribution in [-0.4, -0.2) is 7.11 Å². The lowest BCUT2D eigenvalue weighted by atomic mass is 9.96. The molecule has 0 atom stereocenters. The molecule has 0 saturated carbocycles. The number of methoxy groups -OCH3 is 1. The SMILES string of the molecule is CC=Cc1ccc(Oc2ccc(/C(=C/CCC)c3ccccc3)cc2)c(OC)c1. The van der Waals surface area contributed by atoms with Gasteiger partial charge in [-0.05, 0) is 59.9 Å². The maximum Gasteiger partial charge on any atom is 0.169 e. The van der Waals surface area contributed by atoms with Crippen LogP contribution in [0.5, 0.6) is 17.2 Å². The molecular weight excluding hydrogens is 356 g/mol. The Labute approximate surface area is 174 Å². The number of hydrogen-bond donors (Lipinski definition) is 0. The van der Waals surface area contributed by atoms with Gasteiger partial charge in [-0.15, -0.1) is 0 Å². The lowest BCUT2D eigenvalue weighted by Crippen LogP contribution is -1.92. The first-order valence-electron chi connectivity index (χ1n) is 10.1. The number of unbranched alkanes of at least 4 members (excludes halogenated alkanes) is 1. The highest BCUT2D eigenvalue weighted by Gasteiger charge is 2.08. The number of rotatable bonds is 8. The van der Waals surface area contributed by atoms with Crippen LogP contribution in [0, 0.1) is 0 Å². The smallest absolute Gasteiger partial charge is 0.169 e. The maximum atomic E-state index is 6.09. The summed E-state index contributed by atoms with van der Waals surface area (Å²) in [5.74, 6) is 2.21. The van der Waals surface area contributed by atoms with Crippen molar-refractivity contribution in [1.82, 2.24) is 0 Å². The van der Waals surface area contributed by atoms with E-state index >= 15 is 0 Å². The van der Waals surface area contributed by atoms with Gasteiger partial charge in [0.25, 0.3) is 0 Å². The summed E-state index contributed by atoms with van der Waals surface area (Å²) >= 11 is 0. The molecule has 3 rings (SSSR count). The topological polar surface area (TPSA) is 18.5 Å². The summed E-state index contributed by atoms with van der Waals surface area (Å²) in [5.41, 5.74) is 4.76. The summed E-state index contributed by atoms with van der Waals surface area (Å²) in [7, 11) is 1.66. The Morgan fingerprint density at radius 2 is 1.59 bits per heavy atom. The third-order valence-electron chi connectivity index (χ3n) is 4.66. The quantitative estimate of drug-likeness (QED) is 0.395. The van der Waals surface area contributed by atoms with Gasteiger partial charge in [-0.2, -0.15) is 0 Å². The summed E-state index contributed by atoms with van der Waals surface area (Å²) in [6.45, 7) is 4.20. The summed E-state index contributed by atoms with van der Waals surface area (Å²) in [5, 5.41) is 0. The number of benzene rings is 3. The molecule has 0 bridgehead atoms. The number of hydrogen-bond acceptors (Lipinski definition) is 2. The zero-order valence-electron chi connectivity index (χ0n) is 17.4. The Morgan fingerprint density at radius 1 is 0.862 bits per heavy atom. The second-order valence-electron chi connectivity index (χ2n) is 6.81. The molecule has 3 aromatic carbocycles. The van der Waals surface area contributed by atoms with Crippen LogP contribution in [0.15, 0.2) is 84.9 Å². The van der Waals surface area contributed by atoms with Crippen molar-refractivity contribution in [3.8, 4) is 17.2 Å². The average Bonchev–Trinajstić information content (AvgIpc) is 2.77. The normalized spacial score (nSPS) is 11.6. The first-order valence-corrected chi connectivity index (χ1v) is 10.1. The van der Waals surface area contributed by atoms with Gasteiger partial charge in [0.1, 0.15) is 5.75 Å². The maximum absolute atomic E-state index is 6.09. The zero-order valence-corrected chi connectivity index (χ0v) is 17.4. The van der Waals surface area contributed by atoms with Gasteiger partial charge in [0, 0.05) is 0 Å². The first-order chi connectivity index (χ1) is 14.2. The van der Waals surface area contributed by atoms with E-state index in [-0.39, 0.29) is 0 Å². The first kappa shape index (κ1) is 20.5. The fraction of sp³-hybridized carbons (Fsp3) is 0.185. The van der Waals surface area contributed by atoms with Crippen LogP contribution in [0.2, 0.25) is 0 Å². The second-order valence-corrected chi connectivity index (χ2v) is 6.81. The van der Waals surface area contributed by atoms with Crippen molar-refractivity contribution in [2.75, 3.05) is 7.11 Å². The minimum atomic E-state index is 0.707. The van der Waals surface area contributed by atoms with E-state index < -0.39 is 0 Å². The second kappa shape index (κ2) is 10.3. The highest BCUT2D eigenvalue weighted by Crippen LogP contribution is 2.34. The molecule has 148 valence electrons. The monoisotopic (exact) mass is 384 g/mol. The molecule has 3 aromatic rings. The minimum Gasteiger partial charge on any atom is -0.493 e. The Morgan fingerprint density at radius 3 is 2.24 bits per heavy atom. The predicted octanol–water partition coefficient (Wildman–Crippen LogP) is 7.75. The highest BCUT2D eigenvalue weighted by molar-refractivity contribution is 5.80. The predicted molar refractivity (Wildman–Crippen MR) is 123 cm³/mol. The average molecular weight is 385 g/mol. The van der Waals surface area contributed by atoms with Crippen LogP contribution < -0.4 is 9.47 Å². The molecule has 0 amide bonds. The van der Waals surface area contributed by atoms with Crippen molar-refractivity contribution in [2.45, 2.75) is 26.7 Å². The molecule has 0 aliphatic heterocycles. The van der Waals surface area contributed by atoms with Gasteiger partial charge < -0.3 is 9.47 Å². The molecule has 0 radical (unpaired) electrons. The fourth-order valence-electron chi connectivity index (χ4n) is 3.20. The molecule has 0 spiro atoms. The van der Waals surface area contributed by atoms with Crippen LogP contribution in [0.25, 0.3) is 11.6 Å². The third kappa shape index (κ3) is 5.39. The number of ether oxygens (including phenoxy) is 2. The molecule has 0 saturated heterocycles. The standard InChI is InChI=1S/C27H28O2/c1-4-6-13-25(22-11-8-7-9-12-22)23-15-17-24(18-16-23)29-26-19-14-21(10-5-2)20-27(26)28-3/h5,7-20H,4,6H2,1-3H3/b10-5?,25-13+. The van der Waals surface area contributed by atoms with E-state index in [1.165, 1.54) is 16.7 Å². The van der Waals surface area contributed by atoms with Crippen molar-refractivity contribution in [2.24, 2.45) is 0 Å². The Hall–Kier alpha value is -3.26. The van der Waals surface area contributed by atoms with Crippen LogP contribution in [-0.2, 0) is 0 Å². The lowest BCUT2D eigenvalue weighted by Gasteiger charge is -2.13. The van der Waals surface area contributed by atoms with E-state index in [1.807, 2.05) is 55.5 Å². The van der Waals surface area contributed by atoms with Gasteiger partial charge in [0.15, 0.2) is 11.5 Å². The lowest BCUT2D eigenvalue weighted by molar-refractivity contribution is 0.379. The Bertz CT molecular complexity index is 967. The van der Waals surface area contributed by atoms with E-state index in [4.69, 9.17) is 9.47 Å². The van der Waals surface area contributed by atoms with Gasteiger partial charge in [0.05, 0.1) is 7.11 Å². The van der Waals surface area contributed by atoms with Gasteiger partial charge >= 0.3 is 0 Å². The van der Waals surface area contributed by atoms with Crippen molar-refractivity contribution in [3.63, 3.8) is 0 Å². The largest absolute Gasteiger partial charge is 0.493 e.